The third kappa shape index (κ3) is 4.30. The monoisotopic (exact) mass is 495 g/mol. The Bertz CT molecular complexity index is 1460. The van der Waals surface area contributed by atoms with Crippen molar-refractivity contribution in [3.63, 3.8) is 0 Å². The van der Waals surface area contributed by atoms with E-state index in [9.17, 15) is 9.59 Å². The lowest BCUT2D eigenvalue weighted by Crippen LogP contribution is -2.27. The highest BCUT2D eigenvalue weighted by atomic mass is 35.5. The number of hydrogen-bond donors (Lipinski definition) is 0. The van der Waals surface area contributed by atoms with Crippen molar-refractivity contribution in [2.75, 3.05) is 0 Å². The zero-order chi connectivity index (χ0) is 22.9. The summed E-state index contributed by atoms with van der Waals surface area (Å²) in [5.74, 6) is 0.805. The number of amides is 1. The quantitative estimate of drug-likeness (QED) is 0.280. The molecule has 1 aliphatic heterocycles. The van der Waals surface area contributed by atoms with E-state index in [1.165, 1.54) is 21.6 Å². The Labute approximate surface area is 202 Å². The summed E-state index contributed by atoms with van der Waals surface area (Å²) < 4.78 is 13.0. The Balaban J connectivity index is 1.57. The standard InChI is InChI=1S/C23H14ClN3O4S2/c24-14-6-8-15(9-7-14)31-20-17(21(28)26-10-2-1-5-19(26)25-20)12-18-22(29)27(23(32)33-18)13-16-4-3-11-30-16/h1-12H,13H2/b18-12-. The number of thioether (sulfide) groups is 1. The van der Waals surface area contributed by atoms with Gasteiger partial charge in [-0.15, -0.1) is 0 Å². The van der Waals surface area contributed by atoms with E-state index in [2.05, 4.69) is 4.98 Å². The molecule has 5 rings (SSSR count). The SMILES string of the molecule is O=C1/C(=C/c2c(Oc3ccc(Cl)cc3)nc3ccccn3c2=O)SC(=S)N1Cc1ccco1. The highest BCUT2D eigenvalue weighted by Gasteiger charge is 2.33. The van der Waals surface area contributed by atoms with Crippen molar-refractivity contribution < 1.29 is 13.9 Å². The fourth-order valence-corrected chi connectivity index (χ4v) is 4.59. The number of benzene rings is 1. The Kier molecular flexibility index (Phi) is 5.76. The van der Waals surface area contributed by atoms with Crippen molar-refractivity contribution in [2.24, 2.45) is 0 Å². The van der Waals surface area contributed by atoms with Gasteiger partial charge in [0.15, 0.2) is 0 Å². The van der Waals surface area contributed by atoms with Crippen LogP contribution in [0.3, 0.4) is 0 Å². The van der Waals surface area contributed by atoms with Gasteiger partial charge in [-0.2, -0.15) is 4.98 Å². The molecule has 0 bridgehead atoms. The highest BCUT2D eigenvalue weighted by molar-refractivity contribution is 8.26. The number of carbonyl (C=O) groups is 1. The molecule has 10 heteroatoms. The van der Waals surface area contributed by atoms with Crippen LogP contribution in [0.4, 0.5) is 0 Å². The van der Waals surface area contributed by atoms with Crippen molar-refractivity contribution >= 4 is 57.5 Å². The molecule has 0 aliphatic carbocycles. The number of thiocarbonyl (C=S) groups is 1. The Morgan fingerprint density at radius 1 is 1.12 bits per heavy atom. The average Bonchev–Trinajstić information content (AvgIpc) is 3.42. The molecule has 1 aliphatic rings. The van der Waals surface area contributed by atoms with E-state index in [1.54, 1.807) is 60.8 Å². The fraction of sp³-hybridized carbons (Fsp3) is 0.0435. The predicted molar refractivity (Wildman–Crippen MR) is 130 cm³/mol. The van der Waals surface area contributed by atoms with Crippen LogP contribution in [0.1, 0.15) is 11.3 Å². The first-order chi connectivity index (χ1) is 16.0. The number of nitrogens with zero attached hydrogens (tertiary/aromatic N) is 3. The zero-order valence-electron chi connectivity index (χ0n) is 16.8. The molecule has 1 fully saturated rings. The number of rotatable bonds is 5. The molecule has 7 nitrogen and oxygen atoms in total. The van der Waals surface area contributed by atoms with Gasteiger partial charge >= 0.3 is 0 Å². The summed E-state index contributed by atoms with van der Waals surface area (Å²) in [6.07, 6.45) is 4.61. The number of pyridine rings is 1. The number of aromatic nitrogens is 2. The largest absolute Gasteiger partial charge is 0.467 e. The van der Waals surface area contributed by atoms with E-state index >= 15 is 0 Å². The van der Waals surface area contributed by atoms with Gasteiger partial charge in [0.2, 0.25) is 5.88 Å². The van der Waals surface area contributed by atoms with Gasteiger partial charge in [0.05, 0.1) is 17.7 Å². The lowest BCUT2D eigenvalue weighted by Gasteiger charge is -2.12. The van der Waals surface area contributed by atoms with Crippen molar-refractivity contribution in [2.45, 2.75) is 6.54 Å². The highest BCUT2D eigenvalue weighted by Crippen LogP contribution is 2.35. The number of carbonyl (C=O) groups excluding carboxylic acids is 1. The molecule has 33 heavy (non-hydrogen) atoms. The molecule has 164 valence electrons. The number of fused-ring (bicyclic) bond motifs is 1. The van der Waals surface area contributed by atoms with Crippen molar-refractivity contribution in [1.82, 2.24) is 14.3 Å². The van der Waals surface area contributed by atoms with E-state index in [-0.39, 0.29) is 29.5 Å². The van der Waals surface area contributed by atoms with Gasteiger partial charge in [0.1, 0.15) is 27.0 Å². The number of furan rings is 1. The lowest BCUT2D eigenvalue weighted by molar-refractivity contribution is -0.122. The maximum atomic E-state index is 13.3. The molecular formula is C23H14ClN3O4S2. The maximum absolute atomic E-state index is 13.3. The van der Waals surface area contributed by atoms with E-state index in [0.29, 0.717) is 31.4 Å². The molecule has 1 amide bonds. The number of hydrogen-bond acceptors (Lipinski definition) is 7. The first kappa shape index (κ1) is 21.4. The topological polar surface area (TPSA) is 77.0 Å². The molecule has 4 heterocycles. The molecule has 0 radical (unpaired) electrons. The van der Waals surface area contributed by atoms with Gasteiger partial charge in [-0.05, 0) is 54.6 Å². The smallest absolute Gasteiger partial charge is 0.269 e. The molecule has 3 aromatic heterocycles. The Morgan fingerprint density at radius 3 is 2.70 bits per heavy atom. The number of ether oxygens (including phenoxy) is 1. The molecule has 4 aromatic rings. The summed E-state index contributed by atoms with van der Waals surface area (Å²) in [5, 5.41) is 0.550. The fourth-order valence-electron chi connectivity index (χ4n) is 3.22. The van der Waals surface area contributed by atoms with Gasteiger partial charge in [-0.25, -0.2) is 0 Å². The molecule has 0 unspecified atom stereocenters. The van der Waals surface area contributed by atoms with Gasteiger partial charge in [-0.3, -0.25) is 18.9 Å². The van der Waals surface area contributed by atoms with Crippen LogP contribution >= 0.6 is 35.6 Å². The van der Waals surface area contributed by atoms with Gasteiger partial charge in [-0.1, -0.05) is 41.6 Å². The van der Waals surface area contributed by atoms with Gasteiger partial charge in [0, 0.05) is 11.2 Å². The second-order valence-corrected chi connectivity index (χ2v) is 9.08. The molecule has 0 N–H and O–H groups in total. The third-order valence-electron chi connectivity index (χ3n) is 4.81. The van der Waals surface area contributed by atoms with Crippen LogP contribution in [-0.2, 0) is 11.3 Å². The summed E-state index contributed by atoms with van der Waals surface area (Å²) in [7, 11) is 0. The summed E-state index contributed by atoms with van der Waals surface area (Å²) in [6.45, 7) is 0.206. The molecule has 0 saturated carbocycles. The molecule has 1 aromatic carbocycles. The Hall–Kier alpha value is -3.40. The average molecular weight is 496 g/mol. The first-order valence-corrected chi connectivity index (χ1v) is 11.3. The summed E-state index contributed by atoms with van der Waals surface area (Å²) in [6, 6.07) is 15.4. The van der Waals surface area contributed by atoms with Crippen LogP contribution < -0.4 is 10.3 Å². The maximum Gasteiger partial charge on any atom is 0.269 e. The van der Waals surface area contributed by atoms with Crippen LogP contribution in [0, 0.1) is 0 Å². The van der Waals surface area contributed by atoms with Crippen LogP contribution in [0.25, 0.3) is 11.7 Å². The summed E-state index contributed by atoms with van der Waals surface area (Å²) >= 11 is 12.5. The molecule has 0 spiro atoms. The molecule has 0 atom stereocenters. The summed E-state index contributed by atoms with van der Waals surface area (Å²) in [4.78, 5) is 32.6. The van der Waals surface area contributed by atoms with Gasteiger partial charge < -0.3 is 9.15 Å². The van der Waals surface area contributed by atoms with Gasteiger partial charge in [0.25, 0.3) is 11.5 Å². The van der Waals surface area contributed by atoms with Crippen LogP contribution in [0.2, 0.25) is 5.02 Å². The van der Waals surface area contributed by atoms with Crippen LogP contribution in [0.5, 0.6) is 11.6 Å². The van der Waals surface area contributed by atoms with E-state index in [1.807, 2.05) is 0 Å². The third-order valence-corrected chi connectivity index (χ3v) is 6.44. The zero-order valence-corrected chi connectivity index (χ0v) is 19.2. The van der Waals surface area contributed by atoms with E-state index in [4.69, 9.17) is 33.0 Å². The van der Waals surface area contributed by atoms with Crippen LogP contribution in [0.15, 0.2) is 81.2 Å². The molecule has 1 saturated heterocycles. The van der Waals surface area contributed by atoms with E-state index in [0.717, 1.165) is 11.8 Å². The van der Waals surface area contributed by atoms with Crippen molar-refractivity contribution in [3.8, 4) is 11.6 Å². The minimum atomic E-state index is -0.374. The van der Waals surface area contributed by atoms with Crippen molar-refractivity contribution in [3.05, 3.63) is 98.7 Å². The molecular weight excluding hydrogens is 482 g/mol. The minimum absolute atomic E-state index is 0.0739. The van der Waals surface area contributed by atoms with Crippen LogP contribution in [-0.4, -0.2) is 24.5 Å². The normalized spacial score (nSPS) is 15.1. The first-order valence-electron chi connectivity index (χ1n) is 9.72. The second-order valence-electron chi connectivity index (χ2n) is 6.97. The predicted octanol–water partition coefficient (Wildman–Crippen LogP) is 5.13. The number of halogens is 1. The Morgan fingerprint density at radius 2 is 1.94 bits per heavy atom. The summed E-state index contributed by atoms with van der Waals surface area (Å²) in [5.41, 5.74) is 0.169. The van der Waals surface area contributed by atoms with Crippen molar-refractivity contribution in [1.29, 1.82) is 0 Å². The van der Waals surface area contributed by atoms with E-state index < -0.39 is 0 Å². The minimum Gasteiger partial charge on any atom is -0.467 e. The lowest BCUT2D eigenvalue weighted by atomic mass is 10.2. The second kappa shape index (κ2) is 8.86.